The number of hydrogen-bond acceptors (Lipinski definition) is 3. The second-order valence-corrected chi connectivity index (χ2v) is 7.07. The zero-order valence-electron chi connectivity index (χ0n) is 12.3. The Balaban J connectivity index is 1.95. The summed E-state index contributed by atoms with van der Waals surface area (Å²) in [5.41, 5.74) is 0.204. The average molecular weight is 255 g/mol. The van der Waals surface area contributed by atoms with Crippen LogP contribution in [0.5, 0.6) is 0 Å². The highest BCUT2D eigenvalue weighted by atomic mass is 16.5. The molecule has 0 aromatic carbocycles. The molecule has 0 amide bonds. The van der Waals surface area contributed by atoms with Crippen LogP contribution < -0.4 is 5.32 Å². The molecule has 4 unspecified atom stereocenters. The van der Waals surface area contributed by atoms with Crippen molar-refractivity contribution in [3.05, 3.63) is 0 Å². The van der Waals surface area contributed by atoms with Gasteiger partial charge in [0.05, 0.1) is 12.7 Å². The third-order valence-corrected chi connectivity index (χ3v) is 4.72. The molecule has 0 radical (unpaired) electrons. The van der Waals surface area contributed by atoms with Crippen LogP contribution >= 0.6 is 0 Å². The van der Waals surface area contributed by atoms with E-state index < -0.39 is 0 Å². The zero-order valence-corrected chi connectivity index (χ0v) is 12.3. The first-order chi connectivity index (χ1) is 8.46. The van der Waals surface area contributed by atoms with Gasteiger partial charge in [-0.1, -0.05) is 27.7 Å². The molecule has 1 heterocycles. The standard InChI is InChI=1S/C15H29NO2/c1-10(2)8-11(9-17)16-13-12-6-5-7-18-14(12)15(13,3)4/h10-14,16-17H,5-9H2,1-4H3. The molecule has 1 aliphatic heterocycles. The SMILES string of the molecule is CC(C)CC(CO)NC1C2CCCOC2C1(C)C. The lowest BCUT2D eigenvalue weighted by atomic mass is 9.55. The van der Waals surface area contributed by atoms with Crippen molar-refractivity contribution in [1.29, 1.82) is 0 Å². The fourth-order valence-electron chi connectivity index (χ4n) is 3.88. The van der Waals surface area contributed by atoms with Crippen LogP contribution in [0, 0.1) is 17.3 Å². The van der Waals surface area contributed by atoms with Gasteiger partial charge in [-0.15, -0.1) is 0 Å². The topological polar surface area (TPSA) is 41.5 Å². The molecule has 0 spiro atoms. The van der Waals surface area contributed by atoms with Crippen LogP contribution in [0.4, 0.5) is 0 Å². The van der Waals surface area contributed by atoms with Crippen molar-refractivity contribution in [3.8, 4) is 0 Å². The molecule has 0 aromatic rings. The van der Waals surface area contributed by atoms with Crippen LogP contribution in [0.2, 0.25) is 0 Å². The molecule has 3 nitrogen and oxygen atoms in total. The van der Waals surface area contributed by atoms with Crippen molar-refractivity contribution in [2.75, 3.05) is 13.2 Å². The fraction of sp³-hybridized carbons (Fsp3) is 1.00. The van der Waals surface area contributed by atoms with Crippen molar-refractivity contribution >= 4 is 0 Å². The van der Waals surface area contributed by atoms with Crippen LogP contribution in [0.3, 0.4) is 0 Å². The molecule has 2 N–H and O–H groups in total. The number of aliphatic hydroxyl groups excluding tert-OH is 1. The lowest BCUT2D eigenvalue weighted by Gasteiger charge is -2.60. The van der Waals surface area contributed by atoms with Gasteiger partial charge in [0.25, 0.3) is 0 Å². The molecule has 106 valence electrons. The summed E-state index contributed by atoms with van der Waals surface area (Å²) in [5.74, 6) is 1.27. The van der Waals surface area contributed by atoms with Crippen molar-refractivity contribution in [3.63, 3.8) is 0 Å². The zero-order chi connectivity index (χ0) is 13.3. The highest BCUT2D eigenvalue weighted by Gasteiger charge is 2.57. The molecule has 3 heteroatoms. The highest BCUT2D eigenvalue weighted by molar-refractivity contribution is 5.10. The lowest BCUT2D eigenvalue weighted by molar-refractivity contribution is -0.195. The van der Waals surface area contributed by atoms with E-state index in [2.05, 4.69) is 33.0 Å². The Morgan fingerprint density at radius 1 is 1.39 bits per heavy atom. The van der Waals surface area contributed by atoms with E-state index >= 15 is 0 Å². The Morgan fingerprint density at radius 3 is 2.72 bits per heavy atom. The molecule has 2 aliphatic rings. The van der Waals surface area contributed by atoms with Gasteiger partial charge >= 0.3 is 0 Å². The Bertz CT molecular complexity index is 278. The second kappa shape index (κ2) is 5.48. The van der Waals surface area contributed by atoms with E-state index in [0.29, 0.717) is 24.0 Å². The molecule has 0 bridgehead atoms. The summed E-state index contributed by atoms with van der Waals surface area (Å²) in [6, 6.07) is 0.732. The Morgan fingerprint density at radius 2 is 2.11 bits per heavy atom. The van der Waals surface area contributed by atoms with E-state index in [1.54, 1.807) is 0 Å². The van der Waals surface area contributed by atoms with Gasteiger partial charge < -0.3 is 15.2 Å². The molecule has 1 saturated carbocycles. The number of hydrogen-bond donors (Lipinski definition) is 2. The first-order valence-electron chi connectivity index (χ1n) is 7.45. The van der Waals surface area contributed by atoms with Crippen molar-refractivity contribution in [2.24, 2.45) is 17.3 Å². The maximum Gasteiger partial charge on any atom is 0.0684 e. The number of nitrogens with one attached hydrogen (secondary N) is 1. The van der Waals surface area contributed by atoms with Gasteiger partial charge in [-0.2, -0.15) is 0 Å². The third kappa shape index (κ3) is 2.59. The van der Waals surface area contributed by atoms with Gasteiger partial charge in [0.2, 0.25) is 0 Å². The maximum absolute atomic E-state index is 9.52. The summed E-state index contributed by atoms with van der Waals surface area (Å²) < 4.78 is 5.92. The molecule has 18 heavy (non-hydrogen) atoms. The first kappa shape index (κ1) is 14.3. The van der Waals surface area contributed by atoms with Gasteiger partial charge in [0.1, 0.15) is 0 Å². The summed E-state index contributed by atoms with van der Waals surface area (Å²) in [6.07, 6.45) is 3.91. The largest absolute Gasteiger partial charge is 0.395 e. The Kier molecular flexibility index (Phi) is 4.35. The van der Waals surface area contributed by atoms with Crippen LogP contribution in [0.25, 0.3) is 0 Å². The predicted molar refractivity (Wildman–Crippen MR) is 73.5 cm³/mol. The highest BCUT2D eigenvalue weighted by Crippen LogP contribution is 2.51. The van der Waals surface area contributed by atoms with E-state index in [1.165, 1.54) is 12.8 Å². The molecular formula is C15H29NO2. The number of ether oxygens (including phenoxy) is 1. The maximum atomic E-state index is 9.52. The molecule has 4 atom stereocenters. The quantitative estimate of drug-likeness (QED) is 0.791. The van der Waals surface area contributed by atoms with Gasteiger partial charge in [-0.05, 0) is 25.2 Å². The molecule has 0 aromatic heterocycles. The number of rotatable bonds is 5. The number of aliphatic hydroxyl groups is 1. The smallest absolute Gasteiger partial charge is 0.0684 e. The predicted octanol–water partition coefficient (Wildman–Crippen LogP) is 2.19. The minimum absolute atomic E-state index is 0.204. The minimum Gasteiger partial charge on any atom is -0.395 e. The van der Waals surface area contributed by atoms with Crippen molar-refractivity contribution in [1.82, 2.24) is 5.32 Å². The van der Waals surface area contributed by atoms with Gasteiger partial charge in [0, 0.05) is 30.0 Å². The van der Waals surface area contributed by atoms with Gasteiger partial charge in [-0.25, -0.2) is 0 Å². The summed E-state index contributed by atoms with van der Waals surface area (Å²) in [5, 5.41) is 13.2. The summed E-state index contributed by atoms with van der Waals surface area (Å²) >= 11 is 0. The molecule has 2 fully saturated rings. The molecule has 1 saturated heterocycles. The number of fused-ring (bicyclic) bond motifs is 1. The van der Waals surface area contributed by atoms with Gasteiger partial charge in [0.15, 0.2) is 0 Å². The third-order valence-electron chi connectivity index (χ3n) is 4.72. The van der Waals surface area contributed by atoms with Crippen LogP contribution in [0.15, 0.2) is 0 Å². The van der Waals surface area contributed by atoms with Crippen LogP contribution in [0.1, 0.15) is 47.0 Å². The van der Waals surface area contributed by atoms with Crippen LogP contribution in [-0.4, -0.2) is 36.5 Å². The van der Waals surface area contributed by atoms with E-state index in [9.17, 15) is 5.11 Å². The minimum atomic E-state index is 0.204. The van der Waals surface area contributed by atoms with E-state index in [-0.39, 0.29) is 18.1 Å². The lowest BCUT2D eigenvalue weighted by Crippen LogP contribution is -2.70. The second-order valence-electron chi connectivity index (χ2n) is 7.07. The molecule has 2 rings (SSSR count). The summed E-state index contributed by atoms with van der Waals surface area (Å²) in [6.45, 7) is 10.2. The Labute approximate surface area is 111 Å². The summed E-state index contributed by atoms with van der Waals surface area (Å²) in [4.78, 5) is 0. The van der Waals surface area contributed by atoms with Crippen molar-refractivity contribution in [2.45, 2.75) is 65.1 Å². The van der Waals surface area contributed by atoms with E-state index in [0.717, 1.165) is 13.0 Å². The van der Waals surface area contributed by atoms with E-state index in [1.807, 2.05) is 0 Å². The molecular weight excluding hydrogens is 226 g/mol. The van der Waals surface area contributed by atoms with E-state index in [4.69, 9.17) is 4.74 Å². The molecule has 1 aliphatic carbocycles. The summed E-state index contributed by atoms with van der Waals surface area (Å²) in [7, 11) is 0. The monoisotopic (exact) mass is 255 g/mol. The van der Waals surface area contributed by atoms with Crippen LogP contribution in [-0.2, 0) is 4.74 Å². The normalized spacial score (nSPS) is 36.0. The van der Waals surface area contributed by atoms with Crippen molar-refractivity contribution < 1.29 is 9.84 Å². The van der Waals surface area contributed by atoms with Gasteiger partial charge in [-0.3, -0.25) is 0 Å². The average Bonchev–Trinajstić information content (AvgIpc) is 2.33. The fourth-order valence-corrected chi connectivity index (χ4v) is 3.88. The first-order valence-corrected chi connectivity index (χ1v) is 7.45. The Hall–Kier alpha value is -0.120.